The van der Waals surface area contributed by atoms with Crippen LogP contribution in [0.2, 0.25) is 0 Å². The van der Waals surface area contributed by atoms with E-state index in [4.69, 9.17) is 0 Å². The number of likely N-dealkylation sites (tertiary alicyclic amines) is 1. The van der Waals surface area contributed by atoms with E-state index < -0.39 is 0 Å². The predicted molar refractivity (Wildman–Crippen MR) is 100 cm³/mol. The Labute approximate surface area is 150 Å². The summed E-state index contributed by atoms with van der Waals surface area (Å²) in [5, 5.41) is 3.13. The van der Waals surface area contributed by atoms with E-state index in [9.17, 15) is 4.79 Å². The lowest BCUT2D eigenvalue weighted by atomic mass is 10.0. The number of hydrogen-bond donors (Lipinski definition) is 1. The first-order valence-corrected chi connectivity index (χ1v) is 9.28. The molecule has 1 fully saturated rings. The third-order valence-corrected chi connectivity index (χ3v) is 4.83. The molecule has 1 aliphatic rings. The third-order valence-electron chi connectivity index (χ3n) is 4.83. The van der Waals surface area contributed by atoms with Gasteiger partial charge in [0, 0.05) is 18.4 Å². The molecule has 1 unspecified atom stereocenters. The molecule has 3 rings (SSSR count). The zero-order valence-corrected chi connectivity index (χ0v) is 14.7. The first-order chi connectivity index (χ1) is 12.3. The molecule has 0 radical (unpaired) electrons. The maximum Gasteiger partial charge on any atom is 0.226 e. The van der Waals surface area contributed by atoms with Gasteiger partial charge in [-0.1, -0.05) is 49.2 Å². The molecule has 1 amide bonds. The first kappa shape index (κ1) is 17.6. The molecular weight excluding hydrogens is 310 g/mol. The fourth-order valence-electron chi connectivity index (χ4n) is 3.48. The molecule has 1 N–H and O–H groups in total. The van der Waals surface area contributed by atoms with Crippen LogP contribution in [-0.4, -0.2) is 35.4 Å². The maximum atomic E-state index is 12.3. The molecule has 1 aliphatic heterocycles. The van der Waals surface area contributed by atoms with E-state index in [-0.39, 0.29) is 11.9 Å². The van der Waals surface area contributed by atoms with Crippen LogP contribution in [-0.2, 0) is 11.2 Å². The van der Waals surface area contributed by atoms with Gasteiger partial charge in [-0.3, -0.25) is 14.7 Å². The number of amides is 1. The lowest BCUT2D eigenvalue weighted by Gasteiger charge is -2.31. The highest BCUT2D eigenvalue weighted by atomic mass is 16.1. The average Bonchev–Trinajstić information content (AvgIpc) is 2.93. The van der Waals surface area contributed by atoms with Gasteiger partial charge in [0.15, 0.2) is 0 Å². The summed E-state index contributed by atoms with van der Waals surface area (Å²) in [7, 11) is 0. The summed E-state index contributed by atoms with van der Waals surface area (Å²) in [6.07, 6.45) is 7.17. The van der Waals surface area contributed by atoms with Crippen molar-refractivity contribution in [1.82, 2.24) is 15.2 Å². The summed E-state index contributed by atoms with van der Waals surface area (Å²) in [4.78, 5) is 19.1. The molecule has 0 aliphatic carbocycles. The number of pyridine rings is 1. The highest BCUT2D eigenvalue weighted by molar-refractivity contribution is 5.78. The SMILES string of the molecule is O=C(Cc1ccccn1)NCC(c1ccccc1)N1CCCCCC1. The topological polar surface area (TPSA) is 45.2 Å². The van der Waals surface area contributed by atoms with Crippen LogP contribution in [0.5, 0.6) is 0 Å². The van der Waals surface area contributed by atoms with Gasteiger partial charge in [0.25, 0.3) is 0 Å². The smallest absolute Gasteiger partial charge is 0.226 e. The Hall–Kier alpha value is -2.20. The molecule has 4 heteroatoms. The van der Waals surface area contributed by atoms with Crippen LogP contribution in [0.25, 0.3) is 0 Å². The van der Waals surface area contributed by atoms with Gasteiger partial charge < -0.3 is 5.32 Å². The van der Waals surface area contributed by atoms with E-state index in [0.29, 0.717) is 13.0 Å². The second-order valence-electron chi connectivity index (χ2n) is 6.68. The van der Waals surface area contributed by atoms with Crippen molar-refractivity contribution in [2.75, 3.05) is 19.6 Å². The lowest BCUT2D eigenvalue weighted by Crippen LogP contribution is -2.39. The lowest BCUT2D eigenvalue weighted by molar-refractivity contribution is -0.120. The fourth-order valence-corrected chi connectivity index (χ4v) is 3.48. The van der Waals surface area contributed by atoms with Crippen LogP contribution in [0, 0.1) is 0 Å². The Morgan fingerprint density at radius 2 is 1.72 bits per heavy atom. The van der Waals surface area contributed by atoms with Gasteiger partial charge >= 0.3 is 0 Å². The second-order valence-corrected chi connectivity index (χ2v) is 6.68. The molecular formula is C21H27N3O. The highest BCUT2D eigenvalue weighted by Gasteiger charge is 2.22. The largest absolute Gasteiger partial charge is 0.354 e. The van der Waals surface area contributed by atoms with Gasteiger partial charge in [-0.25, -0.2) is 0 Å². The van der Waals surface area contributed by atoms with E-state index in [0.717, 1.165) is 18.8 Å². The number of aromatic nitrogens is 1. The van der Waals surface area contributed by atoms with Crippen molar-refractivity contribution >= 4 is 5.91 Å². The highest BCUT2D eigenvalue weighted by Crippen LogP contribution is 2.23. The van der Waals surface area contributed by atoms with Crippen molar-refractivity contribution < 1.29 is 4.79 Å². The minimum atomic E-state index is 0.0365. The van der Waals surface area contributed by atoms with Gasteiger partial charge in [0.1, 0.15) is 0 Å². The number of carbonyl (C=O) groups excluding carboxylic acids is 1. The van der Waals surface area contributed by atoms with Crippen molar-refractivity contribution in [3.05, 3.63) is 66.0 Å². The van der Waals surface area contributed by atoms with Crippen LogP contribution >= 0.6 is 0 Å². The molecule has 1 saturated heterocycles. The quantitative estimate of drug-likeness (QED) is 0.879. The van der Waals surface area contributed by atoms with E-state index in [1.54, 1.807) is 6.20 Å². The number of benzene rings is 1. The number of carbonyl (C=O) groups is 1. The summed E-state index contributed by atoms with van der Waals surface area (Å²) in [5.74, 6) is 0.0365. The van der Waals surface area contributed by atoms with E-state index in [1.165, 1.54) is 31.2 Å². The summed E-state index contributed by atoms with van der Waals surface area (Å²) in [6, 6.07) is 16.5. The van der Waals surface area contributed by atoms with Crippen molar-refractivity contribution in [3.63, 3.8) is 0 Å². The van der Waals surface area contributed by atoms with E-state index in [2.05, 4.69) is 39.5 Å². The van der Waals surface area contributed by atoms with Gasteiger partial charge in [-0.05, 0) is 43.6 Å². The van der Waals surface area contributed by atoms with Crippen molar-refractivity contribution in [2.24, 2.45) is 0 Å². The molecule has 1 aromatic carbocycles. The standard InChI is InChI=1S/C21H27N3O/c25-21(16-19-12-6-7-13-22-19)23-17-20(18-10-4-3-5-11-18)24-14-8-1-2-9-15-24/h3-7,10-13,20H,1-2,8-9,14-17H2,(H,23,25). The minimum absolute atomic E-state index is 0.0365. The van der Waals surface area contributed by atoms with Crippen LogP contribution in [0.1, 0.15) is 43.0 Å². The normalized spacial score (nSPS) is 16.8. The fraction of sp³-hybridized carbons (Fsp3) is 0.429. The van der Waals surface area contributed by atoms with Crippen molar-refractivity contribution in [2.45, 2.75) is 38.1 Å². The molecule has 4 nitrogen and oxygen atoms in total. The maximum absolute atomic E-state index is 12.3. The third kappa shape index (κ3) is 5.40. The van der Waals surface area contributed by atoms with Crippen LogP contribution in [0.3, 0.4) is 0 Å². The van der Waals surface area contributed by atoms with Crippen molar-refractivity contribution in [1.29, 1.82) is 0 Å². The number of hydrogen-bond acceptors (Lipinski definition) is 3. The molecule has 0 spiro atoms. The van der Waals surface area contributed by atoms with Crippen LogP contribution < -0.4 is 5.32 Å². The Bertz CT molecular complexity index is 637. The Kier molecular flexibility index (Phi) is 6.57. The summed E-state index contributed by atoms with van der Waals surface area (Å²) in [5.41, 5.74) is 2.09. The van der Waals surface area contributed by atoms with Crippen LogP contribution in [0.4, 0.5) is 0 Å². The summed E-state index contributed by atoms with van der Waals surface area (Å²) in [6.45, 7) is 2.86. The summed E-state index contributed by atoms with van der Waals surface area (Å²) < 4.78 is 0. The molecule has 0 saturated carbocycles. The Morgan fingerprint density at radius 1 is 1.00 bits per heavy atom. The van der Waals surface area contributed by atoms with Crippen LogP contribution in [0.15, 0.2) is 54.7 Å². The molecule has 1 aromatic heterocycles. The van der Waals surface area contributed by atoms with Gasteiger partial charge in [0.2, 0.25) is 5.91 Å². The number of rotatable bonds is 6. The Morgan fingerprint density at radius 3 is 2.40 bits per heavy atom. The zero-order chi connectivity index (χ0) is 17.3. The van der Waals surface area contributed by atoms with Gasteiger partial charge in [0.05, 0.1) is 12.5 Å². The predicted octanol–water partition coefficient (Wildman–Crippen LogP) is 3.36. The monoisotopic (exact) mass is 337 g/mol. The zero-order valence-electron chi connectivity index (χ0n) is 14.7. The van der Waals surface area contributed by atoms with Gasteiger partial charge in [-0.2, -0.15) is 0 Å². The average molecular weight is 337 g/mol. The number of nitrogens with zero attached hydrogens (tertiary/aromatic N) is 2. The molecule has 2 heterocycles. The molecule has 132 valence electrons. The molecule has 2 aromatic rings. The molecule has 1 atom stereocenters. The molecule has 0 bridgehead atoms. The summed E-state index contributed by atoms with van der Waals surface area (Å²) >= 11 is 0. The minimum Gasteiger partial charge on any atom is -0.354 e. The number of nitrogens with one attached hydrogen (secondary N) is 1. The Balaban J connectivity index is 1.64. The van der Waals surface area contributed by atoms with E-state index in [1.807, 2.05) is 24.3 Å². The van der Waals surface area contributed by atoms with Gasteiger partial charge in [-0.15, -0.1) is 0 Å². The second kappa shape index (κ2) is 9.33. The molecule has 25 heavy (non-hydrogen) atoms. The van der Waals surface area contributed by atoms with Crippen molar-refractivity contribution in [3.8, 4) is 0 Å². The first-order valence-electron chi connectivity index (χ1n) is 9.28. The van der Waals surface area contributed by atoms with E-state index >= 15 is 0 Å².